The molecular weight excluding hydrogens is 310 g/mol. The quantitative estimate of drug-likeness (QED) is 0.749. The zero-order valence-electron chi connectivity index (χ0n) is 12.5. The minimum absolute atomic E-state index is 0.381. The molecule has 6 heteroatoms. The Morgan fingerprint density at radius 2 is 1.76 bits per heavy atom. The largest absolute Gasteiger partial charge is 0.493 e. The average Bonchev–Trinajstić information content (AvgIpc) is 2.82. The lowest BCUT2D eigenvalue weighted by Crippen LogP contribution is -2.01. The molecule has 0 bridgehead atoms. The Balaban J connectivity index is 2.25. The number of aromatic nitrogens is 1. The molecule has 0 unspecified atom stereocenters. The number of hydrogen-bond acceptors (Lipinski definition) is 5. The van der Waals surface area contributed by atoms with Crippen LogP contribution in [0.2, 0.25) is 0 Å². The van der Waals surface area contributed by atoms with Crippen LogP contribution in [0.3, 0.4) is 0 Å². The summed E-state index contributed by atoms with van der Waals surface area (Å²) in [5.74, 6) is 2.17. The van der Waals surface area contributed by atoms with Crippen molar-refractivity contribution in [1.82, 2.24) is 4.98 Å². The minimum atomic E-state index is 0.381. The van der Waals surface area contributed by atoms with Gasteiger partial charge in [-0.3, -0.25) is 0 Å². The maximum absolute atomic E-state index is 5.87. The van der Waals surface area contributed by atoms with E-state index < -0.39 is 0 Å². The fourth-order valence-corrected chi connectivity index (χ4v) is 2.89. The average molecular weight is 328 g/mol. The van der Waals surface area contributed by atoms with E-state index in [-0.39, 0.29) is 0 Å². The molecule has 114 valence electrons. The molecule has 0 N–H and O–H groups in total. The molecular formula is C15H18ClNO3S. The summed E-state index contributed by atoms with van der Waals surface area (Å²) in [4.78, 5) is 5.66. The van der Waals surface area contributed by atoms with Crippen molar-refractivity contribution in [2.24, 2.45) is 0 Å². The predicted molar refractivity (Wildman–Crippen MR) is 85.0 cm³/mol. The molecule has 2 rings (SSSR count). The Hall–Kier alpha value is -1.46. The molecule has 2 aromatic rings. The van der Waals surface area contributed by atoms with Gasteiger partial charge in [-0.1, -0.05) is 0 Å². The number of nitrogens with zero attached hydrogens (tertiary/aromatic N) is 1. The Bertz CT molecular complexity index is 583. The lowest BCUT2D eigenvalue weighted by atomic mass is 10.2. The highest BCUT2D eigenvalue weighted by molar-refractivity contribution is 7.11. The second-order valence-corrected chi connectivity index (χ2v) is 6.06. The number of alkyl halides is 1. The first kappa shape index (κ1) is 15.9. The SMILES string of the molecule is COc1cc(CCl)cc(OC)c1OCc1nc(C)c(C)s1. The molecule has 0 aliphatic heterocycles. The number of ether oxygens (including phenoxy) is 3. The van der Waals surface area contributed by atoms with Crippen LogP contribution >= 0.6 is 22.9 Å². The highest BCUT2D eigenvalue weighted by Crippen LogP contribution is 2.39. The van der Waals surface area contributed by atoms with E-state index in [1.165, 1.54) is 4.88 Å². The third-order valence-corrected chi connectivity index (χ3v) is 4.44. The van der Waals surface area contributed by atoms with Gasteiger partial charge in [-0.15, -0.1) is 22.9 Å². The summed E-state index contributed by atoms with van der Waals surface area (Å²) < 4.78 is 16.6. The number of hydrogen-bond donors (Lipinski definition) is 0. The van der Waals surface area contributed by atoms with Crippen LogP contribution in [0, 0.1) is 13.8 Å². The van der Waals surface area contributed by atoms with E-state index in [4.69, 9.17) is 25.8 Å². The normalized spacial score (nSPS) is 10.5. The number of thiazole rings is 1. The number of methoxy groups -OCH3 is 2. The van der Waals surface area contributed by atoms with Gasteiger partial charge in [0, 0.05) is 10.8 Å². The van der Waals surface area contributed by atoms with E-state index in [1.54, 1.807) is 25.6 Å². The Morgan fingerprint density at radius 3 is 2.19 bits per heavy atom. The molecule has 0 fully saturated rings. The Kier molecular flexibility index (Phi) is 5.31. The van der Waals surface area contributed by atoms with E-state index in [0.717, 1.165) is 16.3 Å². The number of aryl methyl sites for hydroxylation is 2. The highest BCUT2D eigenvalue weighted by atomic mass is 35.5. The van der Waals surface area contributed by atoms with Gasteiger partial charge < -0.3 is 14.2 Å². The van der Waals surface area contributed by atoms with Gasteiger partial charge in [0.25, 0.3) is 0 Å². The van der Waals surface area contributed by atoms with Crippen LogP contribution in [-0.4, -0.2) is 19.2 Å². The van der Waals surface area contributed by atoms with Crippen molar-refractivity contribution in [3.8, 4) is 17.2 Å². The summed E-state index contributed by atoms with van der Waals surface area (Å²) in [6.45, 7) is 4.42. The van der Waals surface area contributed by atoms with Gasteiger partial charge in [-0.05, 0) is 31.5 Å². The van der Waals surface area contributed by atoms with Crippen LogP contribution in [0.25, 0.3) is 0 Å². The van der Waals surface area contributed by atoms with E-state index >= 15 is 0 Å². The first-order valence-corrected chi connectivity index (χ1v) is 7.80. The first-order chi connectivity index (χ1) is 10.1. The molecule has 0 saturated carbocycles. The van der Waals surface area contributed by atoms with Crippen molar-refractivity contribution < 1.29 is 14.2 Å². The van der Waals surface area contributed by atoms with Crippen LogP contribution in [0.1, 0.15) is 21.1 Å². The summed E-state index contributed by atoms with van der Waals surface area (Å²) in [7, 11) is 3.19. The molecule has 4 nitrogen and oxygen atoms in total. The Labute approximate surface area is 133 Å². The molecule has 1 heterocycles. The van der Waals surface area contributed by atoms with Crippen LogP contribution in [-0.2, 0) is 12.5 Å². The molecule has 0 saturated heterocycles. The third kappa shape index (κ3) is 3.60. The summed E-state index contributed by atoms with van der Waals surface area (Å²) >= 11 is 7.50. The molecule has 0 radical (unpaired) electrons. The smallest absolute Gasteiger partial charge is 0.203 e. The fourth-order valence-electron chi connectivity index (χ4n) is 1.89. The second-order valence-electron chi connectivity index (χ2n) is 4.50. The van der Waals surface area contributed by atoms with Gasteiger partial charge in [-0.25, -0.2) is 4.98 Å². The van der Waals surface area contributed by atoms with Gasteiger partial charge in [-0.2, -0.15) is 0 Å². The standard InChI is InChI=1S/C15H18ClNO3S/c1-9-10(2)21-14(17-9)8-20-15-12(18-3)5-11(7-16)6-13(15)19-4/h5-6H,7-8H2,1-4H3. The summed E-state index contributed by atoms with van der Waals surface area (Å²) in [5.41, 5.74) is 1.95. The first-order valence-electron chi connectivity index (χ1n) is 6.45. The topological polar surface area (TPSA) is 40.6 Å². The minimum Gasteiger partial charge on any atom is -0.493 e. The molecule has 0 atom stereocenters. The zero-order chi connectivity index (χ0) is 15.4. The maximum Gasteiger partial charge on any atom is 0.203 e. The maximum atomic E-state index is 5.87. The van der Waals surface area contributed by atoms with Crippen LogP contribution in [0.4, 0.5) is 0 Å². The summed E-state index contributed by atoms with van der Waals surface area (Å²) in [5, 5.41) is 0.926. The van der Waals surface area contributed by atoms with Crippen LogP contribution in [0.15, 0.2) is 12.1 Å². The van der Waals surface area contributed by atoms with E-state index in [2.05, 4.69) is 4.98 Å². The van der Waals surface area contributed by atoms with Crippen molar-refractivity contribution >= 4 is 22.9 Å². The third-order valence-electron chi connectivity index (χ3n) is 3.09. The number of benzene rings is 1. The van der Waals surface area contributed by atoms with Gasteiger partial charge in [0.1, 0.15) is 11.6 Å². The fraction of sp³-hybridized carbons (Fsp3) is 0.400. The van der Waals surface area contributed by atoms with Gasteiger partial charge >= 0.3 is 0 Å². The van der Waals surface area contributed by atoms with E-state index in [0.29, 0.717) is 29.7 Å². The van der Waals surface area contributed by atoms with Gasteiger partial charge in [0.15, 0.2) is 11.5 Å². The monoisotopic (exact) mass is 327 g/mol. The van der Waals surface area contributed by atoms with Gasteiger partial charge in [0.05, 0.1) is 19.9 Å². The molecule has 21 heavy (non-hydrogen) atoms. The van der Waals surface area contributed by atoms with Gasteiger partial charge in [0.2, 0.25) is 5.75 Å². The Morgan fingerprint density at radius 1 is 1.14 bits per heavy atom. The summed E-state index contributed by atoms with van der Waals surface area (Å²) in [6, 6.07) is 3.70. The van der Waals surface area contributed by atoms with Crippen LogP contribution in [0.5, 0.6) is 17.2 Å². The summed E-state index contributed by atoms with van der Waals surface area (Å²) in [6.07, 6.45) is 0. The van der Waals surface area contributed by atoms with Crippen molar-refractivity contribution in [2.45, 2.75) is 26.3 Å². The molecule has 0 aliphatic rings. The lowest BCUT2D eigenvalue weighted by molar-refractivity contribution is 0.265. The molecule has 0 amide bonds. The van der Waals surface area contributed by atoms with Crippen molar-refractivity contribution in [1.29, 1.82) is 0 Å². The molecule has 0 spiro atoms. The lowest BCUT2D eigenvalue weighted by Gasteiger charge is -2.15. The van der Waals surface area contributed by atoms with Crippen molar-refractivity contribution in [2.75, 3.05) is 14.2 Å². The second kappa shape index (κ2) is 7.00. The van der Waals surface area contributed by atoms with E-state index in [1.807, 2.05) is 26.0 Å². The predicted octanol–water partition coefficient (Wildman–Crippen LogP) is 4.09. The highest BCUT2D eigenvalue weighted by Gasteiger charge is 2.15. The zero-order valence-corrected chi connectivity index (χ0v) is 14.1. The number of rotatable bonds is 6. The molecule has 1 aromatic carbocycles. The van der Waals surface area contributed by atoms with E-state index in [9.17, 15) is 0 Å². The number of halogens is 1. The van der Waals surface area contributed by atoms with Crippen molar-refractivity contribution in [3.05, 3.63) is 33.3 Å². The van der Waals surface area contributed by atoms with Crippen LogP contribution < -0.4 is 14.2 Å². The van der Waals surface area contributed by atoms with Crippen molar-refractivity contribution in [3.63, 3.8) is 0 Å². The molecule has 1 aromatic heterocycles. The molecule has 0 aliphatic carbocycles.